The van der Waals surface area contributed by atoms with E-state index in [1.54, 1.807) is 21.3 Å². The molecular weight excluding hydrogens is 336 g/mol. The van der Waals surface area contributed by atoms with Crippen LogP contribution in [0.5, 0.6) is 17.2 Å². The molecule has 139 valence electrons. The maximum absolute atomic E-state index is 5.67. The highest BCUT2D eigenvalue weighted by Crippen LogP contribution is 2.43. The normalized spacial score (nSPS) is 10.5. The molecule has 3 heteroatoms. The number of hydrogen-bond acceptors (Lipinski definition) is 3. The summed E-state index contributed by atoms with van der Waals surface area (Å²) in [6, 6.07) is 24.3. The fourth-order valence-corrected chi connectivity index (χ4v) is 3.30. The van der Waals surface area contributed by atoms with E-state index in [9.17, 15) is 0 Å². The van der Waals surface area contributed by atoms with E-state index in [1.807, 2.05) is 24.3 Å². The number of methoxy groups -OCH3 is 3. The molecule has 0 aliphatic heterocycles. The smallest absolute Gasteiger partial charge is 0.203 e. The van der Waals surface area contributed by atoms with Gasteiger partial charge in [0.2, 0.25) is 5.75 Å². The largest absolute Gasteiger partial charge is 0.492 e. The first kappa shape index (κ1) is 18.8. The van der Waals surface area contributed by atoms with Crippen molar-refractivity contribution in [3.8, 4) is 17.2 Å². The molecule has 0 aromatic heterocycles. The van der Waals surface area contributed by atoms with Gasteiger partial charge in [0, 0.05) is 17.5 Å². The third-order valence-corrected chi connectivity index (χ3v) is 4.61. The minimum absolute atomic E-state index is 0.632. The molecule has 0 saturated heterocycles. The summed E-state index contributed by atoms with van der Waals surface area (Å²) >= 11 is 0. The molecule has 0 heterocycles. The van der Waals surface area contributed by atoms with Gasteiger partial charge in [0.05, 0.1) is 21.3 Å². The third kappa shape index (κ3) is 4.43. The second-order valence-corrected chi connectivity index (χ2v) is 6.33. The number of hydrogen-bond donors (Lipinski definition) is 0. The van der Waals surface area contributed by atoms with E-state index in [-0.39, 0.29) is 0 Å². The van der Waals surface area contributed by atoms with Crippen LogP contribution in [0, 0.1) is 6.07 Å². The molecule has 3 aromatic carbocycles. The standard InChI is InChI=1S/C24H25O3/c1-25-22-20(15-14-18-10-6-4-7-11-18)17-21(23(26-2)24(22)27-3)16-19-12-8-5-9-13-19/h4-13H,14-16H2,1-3H3. The molecule has 0 aliphatic carbocycles. The molecule has 3 aromatic rings. The number of aryl methyl sites for hydroxylation is 2. The Balaban J connectivity index is 1.99. The summed E-state index contributed by atoms with van der Waals surface area (Å²) in [7, 11) is 4.96. The topological polar surface area (TPSA) is 27.7 Å². The summed E-state index contributed by atoms with van der Waals surface area (Å²) in [5.74, 6) is 2.01. The van der Waals surface area contributed by atoms with Gasteiger partial charge < -0.3 is 14.2 Å². The van der Waals surface area contributed by atoms with Crippen molar-refractivity contribution in [1.82, 2.24) is 0 Å². The van der Waals surface area contributed by atoms with Crippen molar-refractivity contribution in [2.75, 3.05) is 21.3 Å². The molecule has 1 radical (unpaired) electrons. The van der Waals surface area contributed by atoms with E-state index >= 15 is 0 Å². The average Bonchev–Trinajstić information content (AvgIpc) is 2.73. The van der Waals surface area contributed by atoms with E-state index in [0.29, 0.717) is 17.2 Å². The van der Waals surface area contributed by atoms with Crippen molar-refractivity contribution < 1.29 is 14.2 Å². The van der Waals surface area contributed by atoms with E-state index in [0.717, 1.165) is 30.4 Å². The zero-order valence-electron chi connectivity index (χ0n) is 16.1. The van der Waals surface area contributed by atoms with Crippen molar-refractivity contribution in [3.05, 3.63) is 89.0 Å². The summed E-state index contributed by atoms with van der Waals surface area (Å²) in [6.45, 7) is 0. The van der Waals surface area contributed by atoms with Gasteiger partial charge in [0.15, 0.2) is 11.5 Å². The van der Waals surface area contributed by atoms with Crippen molar-refractivity contribution in [1.29, 1.82) is 0 Å². The van der Waals surface area contributed by atoms with Crippen LogP contribution in [0.1, 0.15) is 22.3 Å². The first-order valence-electron chi connectivity index (χ1n) is 9.07. The van der Waals surface area contributed by atoms with Crippen LogP contribution in [0.25, 0.3) is 0 Å². The Bertz CT molecular complexity index is 858. The molecule has 0 spiro atoms. The van der Waals surface area contributed by atoms with Gasteiger partial charge >= 0.3 is 0 Å². The molecule has 0 saturated carbocycles. The fraction of sp³-hybridized carbons (Fsp3) is 0.250. The predicted octanol–water partition coefficient (Wildman–Crippen LogP) is 4.89. The second kappa shape index (κ2) is 9.13. The van der Waals surface area contributed by atoms with Crippen molar-refractivity contribution in [3.63, 3.8) is 0 Å². The number of ether oxygens (including phenoxy) is 3. The molecule has 0 aliphatic rings. The molecule has 0 amide bonds. The zero-order chi connectivity index (χ0) is 19.1. The first-order chi connectivity index (χ1) is 13.3. The van der Waals surface area contributed by atoms with Gasteiger partial charge in [0.1, 0.15) is 0 Å². The van der Waals surface area contributed by atoms with Crippen molar-refractivity contribution in [2.24, 2.45) is 0 Å². The summed E-state index contributed by atoms with van der Waals surface area (Å²) in [6.07, 6.45) is 2.45. The predicted molar refractivity (Wildman–Crippen MR) is 108 cm³/mol. The molecule has 3 rings (SSSR count). The Morgan fingerprint density at radius 2 is 1.11 bits per heavy atom. The minimum atomic E-state index is 0.632. The van der Waals surface area contributed by atoms with Crippen LogP contribution in [0.4, 0.5) is 0 Å². The van der Waals surface area contributed by atoms with Crippen LogP contribution >= 0.6 is 0 Å². The summed E-state index contributed by atoms with van der Waals surface area (Å²) in [5, 5.41) is 0. The maximum Gasteiger partial charge on any atom is 0.203 e. The molecule has 27 heavy (non-hydrogen) atoms. The Kier molecular flexibility index (Phi) is 6.37. The molecule has 0 bridgehead atoms. The van der Waals surface area contributed by atoms with Crippen LogP contribution in [0.2, 0.25) is 0 Å². The summed E-state index contributed by atoms with van der Waals surface area (Å²) in [5.41, 5.74) is 4.47. The van der Waals surface area contributed by atoms with Gasteiger partial charge in [-0.05, 0) is 30.0 Å². The van der Waals surface area contributed by atoms with Gasteiger partial charge in [-0.3, -0.25) is 0 Å². The quantitative estimate of drug-likeness (QED) is 0.572. The molecule has 0 atom stereocenters. The SMILES string of the molecule is COc1c(CCc2ccccc2)[c]c(Cc2ccccc2)c(OC)c1OC. The number of benzene rings is 3. The van der Waals surface area contributed by atoms with Crippen LogP contribution in [0.15, 0.2) is 60.7 Å². The van der Waals surface area contributed by atoms with Gasteiger partial charge in [-0.2, -0.15) is 0 Å². The minimum Gasteiger partial charge on any atom is -0.492 e. The number of rotatable bonds is 8. The monoisotopic (exact) mass is 361 g/mol. The molecule has 0 unspecified atom stereocenters. The highest BCUT2D eigenvalue weighted by atomic mass is 16.5. The highest BCUT2D eigenvalue weighted by Gasteiger charge is 2.21. The summed E-state index contributed by atoms with van der Waals surface area (Å²) in [4.78, 5) is 0. The Hall–Kier alpha value is -2.94. The lowest BCUT2D eigenvalue weighted by Gasteiger charge is -2.19. The summed E-state index contributed by atoms with van der Waals surface area (Å²) < 4.78 is 17.0. The highest BCUT2D eigenvalue weighted by molar-refractivity contribution is 5.60. The van der Waals surface area contributed by atoms with Gasteiger partial charge in [-0.25, -0.2) is 0 Å². The van der Waals surface area contributed by atoms with Crippen molar-refractivity contribution >= 4 is 0 Å². The second-order valence-electron chi connectivity index (χ2n) is 6.33. The van der Waals surface area contributed by atoms with E-state index in [1.165, 1.54) is 11.1 Å². The fourth-order valence-electron chi connectivity index (χ4n) is 3.30. The lowest BCUT2D eigenvalue weighted by atomic mass is 9.96. The molecular formula is C24H25O3. The van der Waals surface area contributed by atoms with Crippen LogP contribution in [-0.4, -0.2) is 21.3 Å². The van der Waals surface area contributed by atoms with Gasteiger partial charge in [0.25, 0.3) is 0 Å². The first-order valence-corrected chi connectivity index (χ1v) is 9.07. The Morgan fingerprint density at radius 1 is 0.593 bits per heavy atom. The van der Waals surface area contributed by atoms with Crippen LogP contribution < -0.4 is 14.2 Å². The lowest BCUT2D eigenvalue weighted by Crippen LogP contribution is -2.05. The average molecular weight is 361 g/mol. The third-order valence-electron chi connectivity index (χ3n) is 4.61. The molecule has 0 N–H and O–H groups in total. The Morgan fingerprint density at radius 3 is 1.67 bits per heavy atom. The van der Waals surface area contributed by atoms with E-state index < -0.39 is 0 Å². The van der Waals surface area contributed by atoms with Crippen LogP contribution in [-0.2, 0) is 19.3 Å². The van der Waals surface area contributed by atoms with E-state index in [4.69, 9.17) is 14.2 Å². The Labute approximate surface area is 161 Å². The maximum atomic E-state index is 5.67. The molecule has 0 fully saturated rings. The lowest BCUT2D eigenvalue weighted by molar-refractivity contribution is 0.320. The van der Waals surface area contributed by atoms with Gasteiger partial charge in [-0.15, -0.1) is 0 Å². The van der Waals surface area contributed by atoms with Crippen LogP contribution in [0.3, 0.4) is 0 Å². The zero-order valence-corrected chi connectivity index (χ0v) is 16.1. The molecule has 3 nitrogen and oxygen atoms in total. The van der Waals surface area contributed by atoms with Crippen molar-refractivity contribution in [2.45, 2.75) is 19.3 Å². The van der Waals surface area contributed by atoms with E-state index in [2.05, 4.69) is 42.5 Å². The van der Waals surface area contributed by atoms with Gasteiger partial charge in [-0.1, -0.05) is 60.7 Å².